The van der Waals surface area contributed by atoms with Gasteiger partial charge in [-0.15, -0.1) is 0 Å². The molecule has 1 aliphatic carbocycles. The molecule has 2 aliphatic rings. The molecule has 1 amide bonds. The van der Waals surface area contributed by atoms with E-state index in [1.807, 2.05) is 36.1 Å². The summed E-state index contributed by atoms with van der Waals surface area (Å²) in [5, 5.41) is 0.709. The predicted octanol–water partition coefficient (Wildman–Crippen LogP) is 2.19. The van der Waals surface area contributed by atoms with Crippen molar-refractivity contribution >= 4 is 17.5 Å². The van der Waals surface area contributed by atoms with E-state index in [-0.39, 0.29) is 11.9 Å². The first-order valence-corrected chi connectivity index (χ1v) is 7.77. The van der Waals surface area contributed by atoms with Crippen LogP contribution < -0.4 is 5.73 Å². The molecule has 0 spiro atoms. The van der Waals surface area contributed by atoms with Crippen molar-refractivity contribution in [2.75, 3.05) is 13.2 Å². The normalized spacial score (nSPS) is 28.6. The molecule has 1 saturated heterocycles. The molecule has 2 N–H and O–H groups in total. The highest BCUT2D eigenvalue weighted by atomic mass is 35.5. The average Bonchev–Trinajstić information content (AvgIpc) is 3.25. The number of rotatable bonds is 4. The van der Waals surface area contributed by atoms with Crippen LogP contribution >= 0.6 is 11.6 Å². The molecule has 4 nitrogen and oxygen atoms in total. The zero-order valence-corrected chi connectivity index (χ0v) is 13.0. The van der Waals surface area contributed by atoms with Crippen LogP contribution in [0.25, 0.3) is 0 Å². The van der Waals surface area contributed by atoms with E-state index in [2.05, 4.69) is 0 Å². The summed E-state index contributed by atoms with van der Waals surface area (Å²) >= 11 is 5.92. The van der Waals surface area contributed by atoms with Gasteiger partial charge < -0.3 is 15.4 Å². The first-order valence-electron chi connectivity index (χ1n) is 7.39. The summed E-state index contributed by atoms with van der Waals surface area (Å²) in [6.45, 7) is 3.41. The van der Waals surface area contributed by atoms with Gasteiger partial charge in [0.15, 0.2) is 0 Å². The molecule has 1 aromatic carbocycles. The molecule has 0 bridgehead atoms. The number of nitrogens with zero attached hydrogens (tertiary/aromatic N) is 1. The van der Waals surface area contributed by atoms with Crippen LogP contribution in [0.3, 0.4) is 0 Å². The number of hydrogen-bond acceptors (Lipinski definition) is 3. The Morgan fingerprint density at radius 3 is 2.62 bits per heavy atom. The molecule has 1 aromatic rings. The van der Waals surface area contributed by atoms with E-state index in [1.165, 1.54) is 0 Å². The van der Waals surface area contributed by atoms with Crippen LogP contribution in [0.2, 0.25) is 5.02 Å². The molecule has 2 fully saturated rings. The molecule has 114 valence electrons. The maximum atomic E-state index is 13.0. The number of amides is 1. The lowest BCUT2D eigenvalue weighted by Gasteiger charge is -2.33. The molecule has 0 radical (unpaired) electrons. The highest BCUT2D eigenvalue weighted by molar-refractivity contribution is 6.30. The highest BCUT2D eigenvalue weighted by Gasteiger charge is 2.48. The maximum absolute atomic E-state index is 13.0. The van der Waals surface area contributed by atoms with Crippen LogP contribution in [0.1, 0.15) is 25.3 Å². The minimum absolute atomic E-state index is 0.116. The Labute approximate surface area is 130 Å². The summed E-state index contributed by atoms with van der Waals surface area (Å²) < 4.78 is 5.42. The third kappa shape index (κ3) is 2.93. The Kier molecular flexibility index (Phi) is 3.95. The summed E-state index contributed by atoms with van der Waals surface area (Å²) in [6, 6.07) is 7.78. The Morgan fingerprint density at radius 1 is 1.43 bits per heavy atom. The second-order valence-electron chi connectivity index (χ2n) is 6.33. The van der Waals surface area contributed by atoms with Gasteiger partial charge in [0.05, 0.1) is 18.6 Å². The van der Waals surface area contributed by atoms with E-state index in [0.29, 0.717) is 30.8 Å². The lowest BCUT2D eigenvalue weighted by molar-refractivity contribution is -0.143. The van der Waals surface area contributed by atoms with Crippen LogP contribution in [0.5, 0.6) is 0 Å². The summed E-state index contributed by atoms with van der Waals surface area (Å²) in [7, 11) is 0. The fourth-order valence-corrected chi connectivity index (χ4v) is 2.90. The number of carbonyl (C=O) groups is 1. The maximum Gasteiger partial charge on any atom is 0.233 e. The van der Waals surface area contributed by atoms with E-state index in [0.717, 1.165) is 18.4 Å². The van der Waals surface area contributed by atoms with Gasteiger partial charge >= 0.3 is 0 Å². The largest absolute Gasteiger partial charge is 0.379 e. The van der Waals surface area contributed by atoms with Crippen molar-refractivity contribution in [3.8, 4) is 0 Å². The van der Waals surface area contributed by atoms with Crippen molar-refractivity contribution < 1.29 is 9.53 Å². The van der Waals surface area contributed by atoms with Gasteiger partial charge in [0.25, 0.3) is 0 Å². The molecule has 0 aromatic heterocycles. The number of nitrogens with two attached hydrogens (primary N) is 1. The predicted molar refractivity (Wildman–Crippen MR) is 81.9 cm³/mol. The monoisotopic (exact) mass is 308 g/mol. The van der Waals surface area contributed by atoms with Crippen molar-refractivity contribution in [3.05, 3.63) is 34.9 Å². The number of ether oxygens (including phenoxy) is 1. The van der Waals surface area contributed by atoms with Crippen molar-refractivity contribution in [1.29, 1.82) is 0 Å². The lowest BCUT2D eigenvalue weighted by atomic mass is 9.84. The van der Waals surface area contributed by atoms with E-state index in [1.54, 1.807) is 0 Å². The standard InChI is InChI=1S/C16H21ClN2O2/c1-16(10-21-9-14(16)18)15(20)19(13-6-7-13)8-11-2-4-12(17)5-3-11/h2-5,13-14H,6-10,18H2,1H3. The van der Waals surface area contributed by atoms with Gasteiger partial charge in [-0.3, -0.25) is 4.79 Å². The van der Waals surface area contributed by atoms with Crippen LogP contribution in [-0.2, 0) is 16.1 Å². The summed E-state index contributed by atoms with van der Waals surface area (Å²) in [5.41, 5.74) is 6.59. The van der Waals surface area contributed by atoms with E-state index < -0.39 is 5.41 Å². The van der Waals surface area contributed by atoms with Gasteiger partial charge in [0.2, 0.25) is 5.91 Å². The molecular weight excluding hydrogens is 288 g/mol. The van der Waals surface area contributed by atoms with Crippen molar-refractivity contribution in [2.24, 2.45) is 11.1 Å². The van der Waals surface area contributed by atoms with E-state index >= 15 is 0 Å². The Bertz CT molecular complexity index is 530. The molecule has 3 rings (SSSR count). The summed E-state index contributed by atoms with van der Waals surface area (Å²) in [4.78, 5) is 14.9. The topological polar surface area (TPSA) is 55.6 Å². The Morgan fingerprint density at radius 2 is 2.10 bits per heavy atom. The van der Waals surface area contributed by atoms with Crippen LogP contribution in [0.15, 0.2) is 24.3 Å². The van der Waals surface area contributed by atoms with Crippen molar-refractivity contribution in [2.45, 2.75) is 38.4 Å². The highest BCUT2D eigenvalue weighted by Crippen LogP contribution is 2.36. The molecule has 2 unspecified atom stereocenters. The zero-order chi connectivity index (χ0) is 15.0. The first kappa shape index (κ1) is 14.8. The molecule has 21 heavy (non-hydrogen) atoms. The van der Waals surface area contributed by atoms with Gasteiger partial charge in [0, 0.05) is 23.7 Å². The molecule has 1 heterocycles. The third-order valence-electron chi connectivity index (χ3n) is 4.52. The number of carbonyl (C=O) groups excluding carboxylic acids is 1. The van der Waals surface area contributed by atoms with Gasteiger partial charge in [0.1, 0.15) is 0 Å². The van der Waals surface area contributed by atoms with E-state index in [4.69, 9.17) is 22.1 Å². The Balaban J connectivity index is 1.78. The smallest absolute Gasteiger partial charge is 0.233 e. The van der Waals surface area contributed by atoms with Crippen LogP contribution in [0.4, 0.5) is 0 Å². The SMILES string of the molecule is CC1(C(=O)N(Cc2ccc(Cl)cc2)C2CC2)COCC1N. The number of hydrogen-bond donors (Lipinski definition) is 1. The van der Waals surface area contributed by atoms with Crippen molar-refractivity contribution in [3.63, 3.8) is 0 Å². The number of benzene rings is 1. The zero-order valence-electron chi connectivity index (χ0n) is 12.2. The first-order chi connectivity index (χ1) is 10.0. The minimum Gasteiger partial charge on any atom is -0.379 e. The van der Waals surface area contributed by atoms with Gasteiger partial charge in [-0.2, -0.15) is 0 Å². The van der Waals surface area contributed by atoms with Crippen LogP contribution in [0, 0.1) is 5.41 Å². The summed E-state index contributed by atoms with van der Waals surface area (Å²) in [5.74, 6) is 0.116. The number of halogens is 1. The van der Waals surface area contributed by atoms with Crippen LogP contribution in [-0.4, -0.2) is 36.1 Å². The molecule has 5 heteroatoms. The van der Waals surface area contributed by atoms with Crippen molar-refractivity contribution in [1.82, 2.24) is 4.90 Å². The molecule has 2 atom stereocenters. The molecule has 1 aliphatic heterocycles. The van der Waals surface area contributed by atoms with Gasteiger partial charge in [-0.25, -0.2) is 0 Å². The lowest BCUT2D eigenvalue weighted by Crippen LogP contribution is -2.51. The quantitative estimate of drug-likeness (QED) is 0.927. The van der Waals surface area contributed by atoms with E-state index in [9.17, 15) is 4.79 Å². The third-order valence-corrected chi connectivity index (χ3v) is 4.77. The van der Waals surface area contributed by atoms with Gasteiger partial charge in [-0.1, -0.05) is 23.7 Å². The fourth-order valence-electron chi connectivity index (χ4n) is 2.78. The van der Waals surface area contributed by atoms with Gasteiger partial charge in [-0.05, 0) is 37.5 Å². The fraction of sp³-hybridized carbons (Fsp3) is 0.562. The second-order valence-corrected chi connectivity index (χ2v) is 6.77. The average molecular weight is 309 g/mol. The minimum atomic E-state index is -0.602. The Hall–Kier alpha value is -1.10. The molecule has 1 saturated carbocycles. The second kappa shape index (κ2) is 5.59. The summed E-state index contributed by atoms with van der Waals surface area (Å²) in [6.07, 6.45) is 2.15. The molecular formula is C16H21ClN2O2.